The molecule has 0 bridgehead atoms. The molecule has 40 heavy (non-hydrogen) atoms. The number of hydrogen-bond acceptors (Lipinski definition) is 4. The summed E-state index contributed by atoms with van der Waals surface area (Å²) in [4.78, 5) is 29.0. The lowest BCUT2D eigenvalue weighted by Crippen LogP contribution is -2.53. The maximum Gasteiger partial charge on any atom is 0.244 e. The number of carbonyl (C=O) groups is 2. The molecule has 0 aliphatic rings. The number of nitrogens with zero attached hydrogens (tertiary/aromatic N) is 2. The van der Waals surface area contributed by atoms with Crippen LogP contribution >= 0.6 is 23.2 Å². The van der Waals surface area contributed by atoms with Crippen LogP contribution in [0.25, 0.3) is 0 Å². The van der Waals surface area contributed by atoms with E-state index in [1.165, 1.54) is 4.90 Å². The molecule has 0 saturated heterocycles. The van der Waals surface area contributed by atoms with Crippen LogP contribution in [0.4, 0.5) is 5.69 Å². The highest BCUT2D eigenvalue weighted by Crippen LogP contribution is 2.28. The molecule has 1 atom stereocenters. The third-order valence-corrected chi connectivity index (χ3v) is 8.37. The monoisotopic (exact) mass is 603 g/mol. The fourth-order valence-electron chi connectivity index (χ4n) is 4.29. The topological polar surface area (TPSA) is 86.8 Å². The second-order valence-corrected chi connectivity index (χ2v) is 12.2. The van der Waals surface area contributed by atoms with Crippen molar-refractivity contribution in [3.63, 3.8) is 0 Å². The number of benzene rings is 3. The van der Waals surface area contributed by atoms with Crippen LogP contribution in [-0.2, 0) is 39.0 Å². The summed E-state index contributed by atoms with van der Waals surface area (Å²) in [5.41, 5.74) is 2.71. The van der Waals surface area contributed by atoms with Crippen molar-refractivity contribution in [1.29, 1.82) is 0 Å². The van der Waals surface area contributed by atoms with Gasteiger partial charge in [0.15, 0.2) is 0 Å². The Bertz CT molecular complexity index is 1380. The number of hydrogen-bond donors (Lipinski definition) is 1. The average Bonchev–Trinajstić information content (AvgIpc) is 2.93. The van der Waals surface area contributed by atoms with Crippen LogP contribution in [0, 0.1) is 0 Å². The minimum absolute atomic E-state index is 0.0826. The summed E-state index contributed by atoms with van der Waals surface area (Å²) in [6, 6.07) is 20.4. The maximum absolute atomic E-state index is 14.1. The molecule has 214 valence electrons. The number of carbonyl (C=O) groups excluding carboxylic acids is 2. The quantitative estimate of drug-likeness (QED) is 0.280. The van der Waals surface area contributed by atoms with E-state index in [4.69, 9.17) is 23.2 Å². The summed E-state index contributed by atoms with van der Waals surface area (Å²) in [5, 5.41) is 3.58. The Labute approximate surface area is 247 Å². The molecule has 0 aliphatic carbocycles. The summed E-state index contributed by atoms with van der Waals surface area (Å²) in [5.74, 6) is -0.908. The predicted octanol–water partition coefficient (Wildman–Crippen LogP) is 5.49. The van der Waals surface area contributed by atoms with Gasteiger partial charge in [0.2, 0.25) is 21.8 Å². The van der Waals surface area contributed by atoms with Gasteiger partial charge in [0.05, 0.1) is 11.9 Å². The van der Waals surface area contributed by atoms with Gasteiger partial charge in [-0.1, -0.05) is 85.6 Å². The maximum atomic E-state index is 14.1. The Morgan fingerprint density at radius 2 is 1.50 bits per heavy atom. The van der Waals surface area contributed by atoms with Crippen LogP contribution < -0.4 is 9.62 Å². The number of rotatable bonds is 13. The first kappa shape index (κ1) is 31.5. The molecule has 0 aliphatic heterocycles. The number of aryl methyl sites for hydroxylation is 1. The molecule has 0 saturated carbocycles. The Balaban J connectivity index is 2.07. The fourth-order valence-corrected chi connectivity index (χ4v) is 5.65. The van der Waals surface area contributed by atoms with Crippen molar-refractivity contribution >= 4 is 50.7 Å². The molecule has 0 unspecified atom stereocenters. The van der Waals surface area contributed by atoms with Crippen molar-refractivity contribution < 1.29 is 18.0 Å². The highest BCUT2D eigenvalue weighted by molar-refractivity contribution is 7.92. The zero-order chi connectivity index (χ0) is 29.3. The van der Waals surface area contributed by atoms with E-state index >= 15 is 0 Å². The van der Waals surface area contributed by atoms with Crippen molar-refractivity contribution in [3.8, 4) is 0 Å². The van der Waals surface area contributed by atoms with Gasteiger partial charge in [-0.25, -0.2) is 8.42 Å². The smallest absolute Gasteiger partial charge is 0.244 e. The summed E-state index contributed by atoms with van der Waals surface area (Å²) in [6.07, 6.45) is 2.77. The van der Waals surface area contributed by atoms with E-state index < -0.39 is 28.5 Å². The first-order valence-electron chi connectivity index (χ1n) is 13.2. The zero-order valence-electron chi connectivity index (χ0n) is 22.9. The number of anilines is 1. The third-order valence-electron chi connectivity index (χ3n) is 6.52. The average molecular weight is 605 g/mol. The van der Waals surface area contributed by atoms with E-state index in [2.05, 4.69) is 5.32 Å². The predicted molar refractivity (Wildman–Crippen MR) is 162 cm³/mol. The van der Waals surface area contributed by atoms with Crippen molar-refractivity contribution in [2.75, 3.05) is 23.7 Å². The molecule has 0 spiro atoms. The Kier molecular flexibility index (Phi) is 11.4. The lowest BCUT2D eigenvalue weighted by Gasteiger charge is -2.34. The van der Waals surface area contributed by atoms with Crippen LogP contribution in [0.15, 0.2) is 72.8 Å². The largest absolute Gasteiger partial charge is 0.354 e. The molecular weight excluding hydrogens is 569 g/mol. The van der Waals surface area contributed by atoms with Gasteiger partial charge in [0.25, 0.3) is 0 Å². The molecule has 1 N–H and O–H groups in total. The Morgan fingerprint density at radius 3 is 2.05 bits per heavy atom. The normalized spacial score (nSPS) is 12.0. The first-order chi connectivity index (χ1) is 19.0. The number of sulfonamides is 1. The minimum atomic E-state index is -3.84. The van der Waals surface area contributed by atoms with E-state index in [0.717, 1.165) is 28.1 Å². The molecular formula is C30H35Cl2N3O4S. The Morgan fingerprint density at radius 1 is 0.875 bits per heavy atom. The SMILES string of the molecule is CCCNC(=O)[C@@H](Cc1ccccc1)N(Cc1c(Cl)cccc1Cl)C(=O)CN(c1ccc(CC)cc1)S(C)(=O)=O. The summed E-state index contributed by atoms with van der Waals surface area (Å²) in [6.45, 7) is 3.78. The van der Waals surface area contributed by atoms with Gasteiger partial charge in [0.1, 0.15) is 12.6 Å². The summed E-state index contributed by atoms with van der Waals surface area (Å²) < 4.78 is 26.8. The van der Waals surface area contributed by atoms with Gasteiger partial charge >= 0.3 is 0 Å². The van der Waals surface area contributed by atoms with Crippen molar-refractivity contribution in [3.05, 3.63) is 99.5 Å². The molecule has 0 fully saturated rings. The first-order valence-corrected chi connectivity index (χ1v) is 15.8. The van der Waals surface area contributed by atoms with Crippen LogP contribution in [0.3, 0.4) is 0 Å². The van der Waals surface area contributed by atoms with Crippen LogP contribution in [0.5, 0.6) is 0 Å². The lowest BCUT2D eigenvalue weighted by molar-refractivity contribution is -0.140. The Hall–Kier alpha value is -3.07. The zero-order valence-corrected chi connectivity index (χ0v) is 25.3. The second-order valence-electron chi connectivity index (χ2n) is 9.51. The third kappa shape index (κ3) is 8.46. The number of halogens is 2. The van der Waals surface area contributed by atoms with Crippen LogP contribution in [-0.4, -0.2) is 50.5 Å². The van der Waals surface area contributed by atoms with Crippen molar-refractivity contribution in [2.45, 2.75) is 45.7 Å². The van der Waals surface area contributed by atoms with Crippen LogP contribution in [0.2, 0.25) is 10.0 Å². The van der Waals surface area contributed by atoms with E-state index in [0.29, 0.717) is 34.3 Å². The second kappa shape index (κ2) is 14.5. The van der Waals surface area contributed by atoms with E-state index in [1.54, 1.807) is 30.3 Å². The van der Waals surface area contributed by atoms with Crippen LogP contribution in [0.1, 0.15) is 37.0 Å². The summed E-state index contributed by atoms with van der Waals surface area (Å²) in [7, 11) is -3.84. The van der Waals surface area contributed by atoms with E-state index in [9.17, 15) is 18.0 Å². The molecule has 0 aromatic heterocycles. The van der Waals surface area contributed by atoms with Crippen molar-refractivity contribution in [1.82, 2.24) is 10.2 Å². The van der Waals surface area contributed by atoms with Gasteiger partial charge in [-0.3, -0.25) is 13.9 Å². The van der Waals surface area contributed by atoms with Gasteiger partial charge in [-0.05, 0) is 48.2 Å². The molecule has 0 heterocycles. The molecule has 2 amide bonds. The standard InChI is InChI=1S/C30H35Cl2N3O4S/c1-4-18-33-30(37)28(19-23-10-7-6-8-11-23)34(20-25-26(31)12-9-13-27(25)32)29(36)21-35(40(3,38)39)24-16-14-22(5-2)15-17-24/h6-17,28H,4-5,18-21H2,1-3H3,(H,33,37)/t28-/m1/s1. The summed E-state index contributed by atoms with van der Waals surface area (Å²) >= 11 is 13.0. The van der Waals surface area contributed by atoms with Crippen molar-refractivity contribution in [2.24, 2.45) is 0 Å². The van der Waals surface area contributed by atoms with E-state index in [-0.39, 0.29) is 18.9 Å². The van der Waals surface area contributed by atoms with Gasteiger partial charge in [-0.2, -0.15) is 0 Å². The number of amides is 2. The van der Waals surface area contributed by atoms with Gasteiger partial charge in [-0.15, -0.1) is 0 Å². The molecule has 3 rings (SSSR count). The number of nitrogens with one attached hydrogen (secondary N) is 1. The molecule has 10 heteroatoms. The molecule has 3 aromatic rings. The highest BCUT2D eigenvalue weighted by atomic mass is 35.5. The minimum Gasteiger partial charge on any atom is -0.354 e. The highest BCUT2D eigenvalue weighted by Gasteiger charge is 2.33. The molecule has 7 nitrogen and oxygen atoms in total. The molecule has 0 radical (unpaired) electrons. The molecule has 3 aromatic carbocycles. The van der Waals surface area contributed by atoms with E-state index in [1.807, 2.05) is 56.3 Å². The van der Waals surface area contributed by atoms with Gasteiger partial charge < -0.3 is 10.2 Å². The lowest BCUT2D eigenvalue weighted by atomic mass is 10.0. The fraction of sp³-hybridized carbons (Fsp3) is 0.333. The van der Waals surface area contributed by atoms with Gasteiger partial charge in [0, 0.05) is 35.1 Å².